The van der Waals surface area contributed by atoms with Gasteiger partial charge in [0.1, 0.15) is 6.10 Å². The van der Waals surface area contributed by atoms with E-state index in [0.717, 1.165) is 12.0 Å². The minimum Gasteiger partial charge on any atom is -0.478 e. The van der Waals surface area contributed by atoms with Crippen LogP contribution in [0.5, 0.6) is 0 Å². The standard InChI is InChI=1S/C17H25NO4/c1-12(2)8-10-22-13(3)16(19)18-9-7-14-5-4-6-15(11-14)17(20)21/h4-6,11-13H,7-10H2,1-3H3,(H,18,19)(H,20,21). The van der Waals surface area contributed by atoms with E-state index in [0.29, 0.717) is 25.5 Å². The third-order valence-corrected chi connectivity index (χ3v) is 3.32. The molecule has 0 bridgehead atoms. The third-order valence-electron chi connectivity index (χ3n) is 3.32. The number of nitrogens with one attached hydrogen (secondary N) is 1. The molecule has 0 saturated carbocycles. The number of hydrogen-bond acceptors (Lipinski definition) is 3. The molecule has 1 unspecified atom stereocenters. The molecule has 0 aliphatic carbocycles. The highest BCUT2D eigenvalue weighted by Gasteiger charge is 2.12. The second kappa shape index (κ2) is 9.20. The number of carboxylic acid groups (broad SMARTS) is 1. The highest BCUT2D eigenvalue weighted by atomic mass is 16.5. The van der Waals surface area contributed by atoms with Crippen molar-refractivity contribution in [2.45, 2.75) is 39.7 Å². The average molecular weight is 307 g/mol. The Labute approximate surface area is 131 Å². The lowest BCUT2D eigenvalue weighted by Crippen LogP contribution is -2.36. The molecule has 1 amide bonds. The minimum absolute atomic E-state index is 0.141. The van der Waals surface area contributed by atoms with Crippen LogP contribution in [0.25, 0.3) is 0 Å². The van der Waals surface area contributed by atoms with E-state index in [1.165, 1.54) is 0 Å². The van der Waals surface area contributed by atoms with Gasteiger partial charge in [0.2, 0.25) is 5.91 Å². The maximum Gasteiger partial charge on any atom is 0.335 e. The van der Waals surface area contributed by atoms with Gasteiger partial charge in [0.15, 0.2) is 0 Å². The van der Waals surface area contributed by atoms with Crippen molar-refractivity contribution in [3.05, 3.63) is 35.4 Å². The first-order valence-corrected chi connectivity index (χ1v) is 7.61. The SMILES string of the molecule is CC(C)CCOC(C)C(=O)NCCc1cccc(C(=O)O)c1. The monoisotopic (exact) mass is 307 g/mol. The summed E-state index contributed by atoms with van der Waals surface area (Å²) in [5.74, 6) is -0.534. The molecule has 0 radical (unpaired) electrons. The summed E-state index contributed by atoms with van der Waals surface area (Å²) < 4.78 is 5.48. The van der Waals surface area contributed by atoms with Crippen molar-refractivity contribution in [3.63, 3.8) is 0 Å². The van der Waals surface area contributed by atoms with Crippen LogP contribution in [-0.2, 0) is 16.0 Å². The lowest BCUT2D eigenvalue weighted by Gasteiger charge is -2.14. The summed E-state index contributed by atoms with van der Waals surface area (Å²) in [5.41, 5.74) is 1.14. The first kappa shape index (κ1) is 18.2. The molecule has 5 nitrogen and oxygen atoms in total. The van der Waals surface area contributed by atoms with Crippen molar-refractivity contribution < 1.29 is 19.4 Å². The fraction of sp³-hybridized carbons (Fsp3) is 0.529. The van der Waals surface area contributed by atoms with Crippen molar-refractivity contribution in [1.29, 1.82) is 0 Å². The lowest BCUT2D eigenvalue weighted by atomic mass is 10.1. The number of hydrogen-bond donors (Lipinski definition) is 2. The molecule has 1 atom stereocenters. The van der Waals surface area contributed by atoms with Gasteiger partial charge < -0.3 is 15.2 Å². The van der Waals surface area contributed by atoms with Crippen LogP contribution in [0.4, 0.5) is 0 Å². The second-order valence-corrected chi connectivity index (χ2v) is 5.74. The summed E-state index contributed by atoms with van der Waals surface area (Å²) in [6.45, 7) is 6.99. The van der Waals surface area contributed by atoms with Crippen LogP contribution >= 0.6 is 0 Å². The molecule has 0 heterocycles. The third kappa shape index (κ3) is 6.72. The molecule has 5 heteroatoms. The van der Waals surface area contributed by atoms with Gasteiger partial charge in [0, 0.05) is 13.2 Å². The van der Waals surface area contributed by atoms with E-state index in [-0.39, 0.29) is 11.5 Å². The van der Waals surface area contributed by atoms with Crippen LogP contribution in [0.15, 0.2) is 24.3 Å². The summed E-state index contributed by atoms with van der Waals surface area (Å²) in [4.78, 5) is 22.7. The number of carbonyl (C=O) groups excluding carboxylic acids is 1. The number of carboxylic acids is 1. The quantitative estimate of drug-likeness (QED) is 0.735. The van der Waals surface area contributed by atoms with Crippen molar-refractivity contribution >= 4 is 11.9 Å². The van der Waals surface area contributed by atoms with Gasteiger partial charge in [-0.15, -0.1) is 0 Å². The van der Waals surface area contributed by atoms with Gasteiger partial charge in [-0.2, -0.15) is 0 Å². The van der Waals surface area contributed by atoms with Crippen LogP contribution in [-0.4, -0.2) is 36.2 Å². The summed E-state index contributed by atoms with van der Waals surface area (Å²) >= 11 is 0. The number of aromatic carboxylic acids is 1. The van der Waals surface area contributed by atoms with Crippen LogP contribution in [0.2, 0.25) is 0 Å². The van der Waals surface area contributed by atoms with Gasteiger partial charge in [0.05, 0.1) is 5.56 Å². The van der Waals surface area contributed by atoms with E-state index in [1.54, 1.807) is 25.1 Å². The molecule has 0 saturated heterocycles. The topological polar surface area (TPSA) is 75.6 Å². The summed E-state index contributed by atoms with van der Waals surface area (Å²) in [7, 11) is 0. The minimum atomic E-state index is -0.946. The maximum atomic E-state index is 11.9. The van der Waals surface area contributed by atoms with Gasteiger partial charge in [-0.25, -0.2) is 4.79 Å². The van der Waals surface area contributed by atoms with E-state index in [2.05, 4.69) is 19.2 Å². The number of ether oxygens (including phenoxy) is 1. The highest BCUT2D eigenvalue weighted by Crippen LogP contribution is 2.06. The summed E-state index contributed by atoms with van der Waals surface area (Å²) in [5, 5.41) is 11.7. The van der Waals surface area contributed by atoms with Crippen LogP contribution < -0.4 is 5.32 Å². The van der Waals surface area contributed by atoms with Gasteiger partial charge in [-0.1, -0.05) is 26.0 Å². The fourth-order valence-corrected chi connectivity index (χ4v) is 1.89. The predicted octanol–water partition coefficient (Wildman–Crippen LogP) is 2.49. The zero-order valence-corrected chi connectivity index (χ0v) is 13.5. The molecule has 0 aromatic heterocycles. The Hall–Kier alpha value is -1.88. The molecule has 122 valence electrons. The summed E-state index contributed by atoms with van der Waals surface area (Å²) in [6.07, 6.45) is 1.05. The molecule has 1 aromatic carbocycles. The van der Waals surface area contributed by atoms with Crippen molar-refractivity contribution in [1.82, 2.24) is 5.32 Å². The van der Waals surface area contributed by atoms with E-state index in [9.17, 15) is 9.59 Å². The van der Waals surface area contributed by atoms with E-state index < -0.39 is 12.1 Å². The maximum absolute atomic E-state index is 11.9. The number of amides is 1. The Morgan fingerprint density at radius 2 is 2.00 bits per heavy atom. The van der Waals surface area contributed by atoms with Gasteiger partial charge in [-0.05, 0) is 43.4 Å². The summed E-state index contributed by atoms with van der Waals surface area (Å²) in [6, 6.07) is 6.73. The highest BCUT2D eigenvalue weighted by molar-refractivity contribution is 5.87. The van der Waals surface area contributed by atoms with Gasteiger partial charge in [-0.3, -0.25) is 4.79 Å². The molecule has 0 fully saturated rings. The van der Waals surface area contributed by atoms with Crippen molar-refractivity contribution in [2.75, 3.05) is 13.2 Å². The van der Waals surface area contributed by atoms with Crippen LogP contribution in [0.3, 0.4) is 0 Å². The molecule has 0 aliphatic heterocycles. The van der Waals surface area contributed by atoms with Crippen molar-refractivity contribution in [2.24, 2.45) is 5.92 Å². The molecule has 0 spiro atoms. The zero-order chi connectivity index (χ0) is 16.5. The fourth-order valence-electron chi connectivity index (χ4n) is 1.89. The van der Waals surface area contributed by atoms with Crippen molar-refractivity contribution in [3.8, 4) is 0 Å². The largest absolute Gasteiger partial charge is 0.478 e. The Morgan fingerprint density at radius 3 is 2.64 bits per heavy atom. The Morgan fingerprint density at radius 1 is 1.27 bits per heavy atom. The second-order valence-electron chi connectivity index (χ2n) is 5.74. The van der Waals surface area contributed by atoms with E-state index in [4.69, 9.17) is 9.84 Å². The first-order chi connectivity index (χ1) is 10.4. The normalized spacial score (nSPS) is 12.2. The molecule has 1 rings (SSSR count). The van der Waals surface area contributed by atoms with Crippen LogP contribution in [0.1, 0.15) is 43.1 Å². The number of carbonyl (C=O) groups is 2. The first-order valence-electron chi connectivity index (χ1n) is 7.61. The molecule has 22 heavy (non-hydrogen) atoms. The zero-order valence-electron chi connectivity index (χ0n) is 13.5. The average Bonchev–Trinajstić information content (AvgIpc) is 2.46. The molecule has 0 aliphatic rings. The molecule has 1 aromatic rings. The van der Waals surface area contributed by atoms with E-state index in [1.807, 2.05) is 6.07 Å². The van der Waals surface area contributed by atoms with E-state index >= 15 is 0 Å². The van der Waals surface area contributed by atoms with Crippen LogP contribution in [0, 0.1) is 5.92 Å². The lowest BCUT2D eigenvalue weighted by molar-refractivity contribution is -0.131. The molecular formula is C17H25NO4. The van der Waals surface area contributed by atoms with Gasteiger partial charge >= 0.3 is 5.97 Å². The Balaban J connectivity index is 2.32. The molecule has 2 N–H and O–H groups in total. The Kier molecular flexibility index (Phi) is 7.60. The number of rotatable bonds is 9. The Bertz CT molecular complexity index is 499. The predicted molar refractivity (Wildman–Crippen MR) is 85.0 cm³/mol. The smallest absolute Gasteiger partial charge is 0.335 e. The van der Waals surface area contributed by atoms with Gasteiger partial charge in [0.25, 0.3) is 0 Å². The molecular weight excluding hydrogens is 282 g/mol. The number of benzene rings is 1.